The second kappa shape index (κ2) is 7.96. The highest BCUT2D eigenvalue weighted by Gasteiger charge is 2.30. The van der Waals surface area contributed by atoms with Crippen LogP contribution in [0.4, 0.5) is 11.4 Å². The molecule has 2 rings (SSSR count). The number of nitrogens with one attached hydrogen (secondary N) is 1. The van der Waals surface area contributed by atoms with Gasteiger partial charge in [0.15, 0.2) is 0 Å². The first-order chi connectivity index (χ1) is 12.0. The summed E-state index contributed by atoms with van der Waals surface area (Å²) >= 11 is 2.20. The van der Waals surface area contributed by atoms with Crippen molar-refractivity contribution in [1.29, 1.82) is 0 Å². The quantitative estimate of drug-likeness (QED) is 0.650. The average molecular weight is 486 g/mol. The first-order valence-corrected chi connectivity index (χ1v) is 11.1. The molecule has 2 aromatic carbocycles. The molecular formula is C19H23IN2O3S. The van der Waals surface area contributed by atoms with Crippen LogP contribution in [-0.2, 0) is 14.8 Å². The summed E-state index contributed by atoms with van der Waals surface area (Å²) in [4.78, 5) is 12.8. The van der Waals surface area contributed by atoms with E-state index >= 15 is 0 Å². The van der Waals surface area contributed by atoms with Crippen LogP contribution in [0.2, 0.25) is 0 Å². The van der Waals surface area contributed by atoms with E-state index in [-0.39, 0.29) is 5.91 Å². The lowest BCUT2D eigenvalue weighted by Crippen LogP contribution is -2.45. The maximum Gasteiger partial charge on any atom is 0.248 e. The number of aryl methyl sites for hydroxylation is 3. The van der Waals surface area contributed by atoms with E-state index in [9.17, 15) is 13.2 Å². The molecule has 0 saturated carbocycles. The summed E-state index contributed by atoms with van der Waals surface area (Å²) in [6.45, 7) is 7.23. The Hall–Kier alpha value is -1.61. The van der Waals surface area contributed by atoms with Crippen LogP contribution in [0, 0.1) is 24.3 Å². The Morgan fingerprint density at radius 3 is 2.31 bits per heavy atom. The molecule has 0 spiro atoms. The van der Waals surface area contributed by atoms with Gasteiger partial charge in [-0.3, -0.25) is 9.10 Å². The van der Waals surface area contributed by atoms with Gasteiger partial charge in [-0.05, 0) is 91.2 Å². The zero-order valence-electron chi connectivity index (χ0n) is 15.5. The topological polar surface area (TPSA) is 66.5 Å². The Morgan fingerprint density at radius 1 is 1.08 bits per heavy atom. The highest BCUT2D eigenvalue weighted by molar-refractivity contribution is 14.1. The lowest BCUT2D eigenvalue weighted by Gasteiger charge is -2.30. The number of nitrogens with zero attached hydrogens (tertiary/aromatic N) is 1. The van der Waals surface area contributed by atoms with Crippen LogP contribution in [0.1, 0.15) is 23.6 Å². The summed E-state index contributed by atoms with van der Waals surface area (Å²) in [5.41, 5.74) is 3.85. The lowest BCUT2D eigenvalue weighted by molar-refractivity contribution is -0.116. The van der Waals surface area contributed by atoms with E-state index in [0.717, 1.165) is 26.5 Å². The molecule has 0 unspecified atom stereocenters. The third-order valence-corrected chi connectivity index (χ3v) is 6.04. The summed E-state index contributed by atoms with van der Waals surface area (Å²) in [6.07, 6.45) is 1.12. The molecule has 0 aliphatic carbocycles. The van der Waals surface area contributed by atoms with E-state index in [1.165, 1.54) is 4.31 Å². The molecule has 2 aromatic rings. The summed E-state index contributed by atoms with van der Waals surface area (Å²) in [5, 5.41) is 2.85. The number of carbonyl (C=O) groups excluding carboxylic acids is 1. The van der Waals surface area contributed by atoms with Crippen LogP contribution in [0.25, 0.3) is 0 Å². The van der Waals surface area contributed by atoms with Crippen LogP contribution in [0.15, 0.2) is 36.4 Å². The standard InChI is InChI=1S/C19H23IN2O3S/c1-12-6-7-13(2)18(10-12)22(26(5,24)25)15(4)19(23)21-17-9-8-16(20)11-14(17)3/h6-11,15H,1-5H3,(H,21,23)/t15-/m1/s1. The number of rotatable bonds is 5. The van der Waals surface area contributed by atoms with E-state index in [4.69, 9.17) is 0 Å². The van der Waals surface area contributed by atoms with Gasteiger partial charge in [-0.2, -0.15) is 0 Å². The minimum absolute atomic E-state index is 0.374. The molecule has 5 nitrogen and oxygen atoms in total. The van der Waals surface area contributed by atoms with Crippen LogP contribution in [0.3, 0.4) is 0 Å². The molecule has 0 aromatic heterocycles. The fourth-order valence-electron chi connectivity index (χ4n) is 2.74. The molecule has 1 N–H and O–H groups in total. The van der Waals surface area contributed by atoms with E-state index in [1.54, 1.807) is 13.0 Å². The number of hydrogen-bond acceptors (Lipinski definition) is 3. The molecule has 0 radical (unpaired) electrons. The molecule has 7 heteroatoms. The van der Waals surface area contributed by atoms with Crippen molar-refractivity contribution in [3.05, 3.63) is 56.7 Å². The largest absolute Gasteiger partial charge is 0.324 e. The SMILES string of the molecule is Cc1ccc(C)c(N([C@H](C)C(=O)Nc2ccc(I)cc2C)S(C)(=O)=O)c1. The number of carbonyl (C=O) groups is 1. The molecule has 0 heterocycles. The minimum atomic E-state index is -3.64. The third-order valence-electron chi connectivity index (χ3n) is 4.14. The molecule has 0 bridgehead atoms. The third kappa shape index (κ3) is 4.76. The van der Waals surface area contributed by atoms with Crippen molar-refractivity contribution in [2.24, 2.45) is 0 Å². The predicted octanol–water partition coefficient (Wildman–Crippen LogP) is 4.01. The first kappa shape index (κ1) is 20.7. The lowest BCUT2D eigenvalue weighted by atomic mass is 10.1. The van der Waals surface area contributed by atoms with Crippen molar-refractivity contribution < 1.29 is 13.2 Å². The van der Waals surface area contributed by atoms with E-state index in [2.05, 4.69) is 27.9 Å². The van der Waals surface area contributed by atoms with Gasteiger partial charge in [-0.25, -0.2) is 8.42 Å². The van der Waals surface area contributed by atoms with Crippen LogP contribution < -0.4 is 9.62 Å². The molecule has 1 amide bonds. The van der Waals surface area contributed by atoms with Gasteiger partial charge in [0.25, 0.3) is 0 Å². The summed E-state index contributed by atoms with van der Waals surface area (Å²) < 4.78 is 27.2. The summed E-state index contributed by atoms with van der Waals surface area (Å²) in [5.74, 6) is -0.374. The number of amides is 1. The van der Waals surface area contributed by atoms with Gasteiger partial charge >= 0.3 is 0 Å². The van der Waals surface area contributed by atoms with Gasteiger partial charge < -0.3 is 5.32 Å². The summed E-state index contributed by atoms with van der Waals surface area (Å²) in [6, 6.07) is 10.4. The Balaban J connectivity index is 2.39. The number of hydrogen-bond donors (Lipinski definition) is 1. The Labute approximate surface area is 169 Å². The molecule has 0 saturated heterocycles. The average Bonchev–Trinajstić information content (AvgIpc) is 2.52. The normalized spacial score (nSPS) is 12.5. The second-order valence-electron chi connectivity index (χ2n) is 6.47. The highest BCUT2D eigenvalue weighted by atomic mass is 127. The van der Waals surface area contributed by atoms with Crippen LogP contribution >= 0.6 is 22.6 Å². The van der Waals surface area contributed by atoms with Crippen molar-refractivity contribution >= 4 is 49.9 Å². The fourth-order valence-corrected chi connectivity index (χ4v) is 4.61. The van der Waals surface area contributed by atoms with Crippen molar-refractivity contribution in [3.8, 4) is 0 Å². The number of anilines is 2. The fraction of sp³-hybridized carbons (Fsp3) is 0.316. The van der Waals surface area contributed by atoms with E-state index in [0.29, 0.717) is 11.4 Å². The maximum atomic E-state index is 12.8. The Morgan fingerprint density at radius 2 is 1.73 bits per heavy atom. The number of benzene rings is 2. The predicted molar refractivity (Wildman–Crippen MR) is 115 cm³/mol. The molecule has 26 heavy (non-hydrogen) atoms. The zero-order valence-corrected chi connectivity index (χ0v) is 18.5. The molecule has 140 valence electrons. The van der Waals surface area contributed by atoms with Gasteiger partial charge in [0, 0.05) is 9.26 Å². The van der Waals surface area contributed by atoms with Crippen molar-refractivity contribution in [3.63, 3.8) is 0 Å². The molecule has 0 aliphatic rings. The van der Waals surface area contributed by atoms with Crippen molar-refractivity contribution in [2.45, 2.75) is 33.7 Å². The maximum absolute atomic E-state index is 12.8. The molecule has 1 atom stereocenters. The van der Waals surface area contributed by atoms with Gasteiger partial charge in [-0.1, -0.05) is 12.1 Å². The number of halogens is 1. The van der Waals surface area contributed by atoms with Gasteiger partial charge in [0.1, 0.15) is 6.04 Å². The van der Waals surface area contributed by atoms with E-state index < -0.39 is 16.1 Å². The second-order valence-corrected chi connectivity index (χ2v) is 9.58. The Kier molecular flexibility index (Phi) is 6.33. The molecule has 0 aliphatic heterocycles. The molecule has 0 fully saturated rings. The van der Waals surface area contributed by atoms with Gasteiger partial charge in [0.2, 0.25) is 15.9 Å². The van der Waals surface area contributed by atoms with Gasteiger partial charge in [0.05, 0.1) is 11.9 Å². The van der Waals surface area contributed by atoms with Crippen molar-refractivity contribution in [1.82, 2.24) is 0 Å². The van der Waals surface area contributed by atoms with Gasteiger partial charge in [-0.15, -0.1) is 0 Å². The number of sulfonamides is 1. The Bertz CT molecular complexity index is 942. The monoisotopic (exact) mass is 486 g/mol. The molecular weight excluding hydrogens is 463 g/mol. The van der Waals surface area contributed by atoms with Crippen molar-refractivity contribution in [2.75, 3.05) is 15.9 Å². The summed E-state index contributed by atoms with van der Waals surface area (Å²) in [7, 11) is -3.64. The van der Waals surface area contributed by atoms with E-state index in [1.807, 2.05) is 51.1 Å². The van der Waals surface area contributed by atoms with Crippen LogP contribution in [0.5, 0.6) is 0 Å². The first-order valence-electron chi connectivity index (χ1n) is 8.14. The van der Waals surface area contributed by atoms with Crippen LogP contribution in [-0.4, -0.2) is 26.6 Å². The minimum Gasteiger partial charge on any atom is -0.324 e. The highest BCUT2D eigenvalue weighted by Crippen LogP contribution is 2.27. The zero-order chi connectivity index (χ0) is 19.6. The smallest absolute Gasteiger partial charge is 0.248 e.